The Balaban J connectivity index is 3.24. The molecule has 17 heavy (non-hydrogen) atoms. The van der Waals surface area contributed by atoms with Gasteiger partial charge >= 0.3 is 0 Å². The summed E-state index contributed by atoms with van der Waals surface area (Å²) in [6.45, 7) is 2.18. The topological polar surface area (TPSA) is 54.4 Å². The number of rotatable bonds is 11. The molecule has 0 aromatic heterocycles. The molecule has 1 unspecified atom stereocenters. The van der Waals surface area contributed by atoms with E-state index in [1.165, 1.54) is 32.1 Å². The Bertz CT molecular complexity index is 265. The average molecular weight is 268 g/mol. The van der Waals surface area contributed by atoms with Gasteiger partial charge in [-0.1, -0.05) is 58.3 Å². The molecule has 0 aliphatic carbocycles. The first kappa shape index (κ1) is 16.8. The molecule has 0 heterocycles. The van der Waals surface area contributed by atoms with Crippen molar-refractivity contribution in [3.63, 3.8) is 0 Å². The summed E-state index contributed by atoms with van der Waals surface area (Å²) in [6.07, 6.45) is 9.70. The normalized spacial score (nSPS) is 13.8. The number of hydrogen-bond acceptors (Lipinski definition) is 2. The smallest absolute Gasteiger partial charge is 0.283 e. The summed E-state index contributed by atoms with van der Waals surface area (Å²) in [7, 11) is -4.48. The molecular formula is C12H25FO3S. The number of hydrogen-bond donors (Lipinski definition) is 1. The summed E-state index contributed by atoms with van der Waals surface area (Å²) in [5.41, 5.74) is -2.10. The highest BCUT2D eigenvalue weighted by molar-refractivity contribution is 7.86. The van der Waals surface area contributed by atoms with Crippen LogP contribution in [0.4, 0.5) is 4.39 Å². The third-order valence-corrected chi connectivity index (χ3v) is 3.74. The quantitative estimate of drug-likeness (QED) is 0.453. The zero-order valence-electron chi connectivity index (χ0n) is 10.7. The molecule has 0 aliphatic heterocycles. The van der Waals surface area contributed by atoms with E-state index in [4.69, 9.17) is 4.55 Å². The van der Waals surface area contributed by atoms with Crippen LogP contribution in [-0.4, -0.2) is 18.5 Å². The maximum atomic E-state index is 12.8. The van der Waals surface area contributed by atoms with Crippen molar-refractivity contribution < 1.29 is 17.4 Å². The molecule has 0 amide bonds. The van der Waals surface area contributed by atoms with Crippen LogP contribution in [0.25, 0.3) is 0 Å². The van der Waals surface area contributed by atoms with Crippen LogP contribution in [0.5, 0.6) is 0 Å². The van der Waals surface area contributed by atoms with Gasteiger partial charge < -0.3 is 0 Å². The van der Waals surface area contributed by atoms with Crippen molar-refractivity contribution in [2.45, 2.75) is 76.6 Å². The van der Waals surface area contributed by atoms with Crippen molar-refractivity contribution >= 4 is 10.1 Å². The number of halogens is 1. The molecule has 0 aliphatic rings. The van der Waals surface area contributed by atoms with Crippen molar-refractivity contribution in [3.8, 4) is 0 Å². The lowest BCUT2D eigenvalue weighted by Gasteiger charge is -2.04. The third-order valence-electron chi connectivity index (χ3n) is 2.86. The Labute approximate surface area is 105 Å². The minimum atomic E-state index is -4.48. The van der Waals surface area contributed by atoms with Gasteiger partial charge in [-0.15, -0.1) is 0 Å². The molecule has 0 radical (unpaired) electrons. The first-order valence-corrected chi connectivity index (χ1v) is 8.09. The van der Waals surface area contributed by atoms with E-state index < -0.39 is 15.6 Å². The summed E-state index contributed by atoms with van der Waals surface area (Å²) in [6, 6.07) is 0. The van der Waals surface area contributed by atoms with Crippen molar-refractivity contribution in [1.29, 1.82) is 0 Å². The van der Waals surface area contributed by atoms with Gasteiger partial charge in [0.1, 0.15) is 0 Å². The largest absolute Gasteiger partial charge is 0.297 e. The van der Waals surface area contributed by atoms with Crippen LogP contribution in [0, 0.1) is 0 Å². The third kappa shape index (κ3) is 10.7. The highest BCUT2D eigenvalue weighted by Gasteiger charge is 2.20. The maximum Gasteiger partial charge on any atom is 0.297 e. The van der Waals surface area contributed by atoms with E-state index in [1.807, 2.05) is 0 Å². The monoisotopic (exact) mass is 268 g/mol. The summed E-state index contributed by atoms with van der Waals surface area (Å²) < 4.78 is 41.9. The lowest BCUT2D eigenvalue weighted by atomic mass is 10.1. The summed E-state index contributed by atoms with van der Waals surface area (Å²) in [5.74, 6) is 0. The van der Waals surface area contributed by atoms with Crippen LogP contribution in [0.3, 0.4) is 0 Å². The average Bonchev–Trinajstić information content (AvgIpc) is 2.25. The predicted octanol–water partition coefficient (Wildman–Crippen LogP) is 4.09. The molecule has 104 valence electrons. The molecule has 3 nitrogen and oxygen atoms in total. The van der Waals surface area contributed by atoms with Crippen molar-refractivity contribution in [2.24, 2.45) is 0 Å². The van der Waals surface area contributed by atoms with E-state index in [0.717, 1.165) is 19.3 Å². The minimum Gasteiger partial charge on any atom is -0.283 e. The van der Waals surface area contributed by atoms with Gasteiger partial charge in [-0.3, -0.25) is 4.55 Å². The van der Waals surface area contributed by atoms with Gasteiger partial charge in [0.15, 0.2) is 0 Å². The lowest BCUT2D eigenvalue weighted by Crippen LogP contribution is -2.14. The summed E-state index contributed by atoms with van der Waals surface area (Å²) in [4.78, 5) is 0. The van der Waals surface area contributed by atoms with E-state index in [0.29, 0.717) is 6.42 Å². The molecule has 1 atom stereocenters. The Kier molecular flexibility index (Phi) is 9.74. The fourth-order valence-corrected chi connectivity index (χ4v) is 2.23. The van der Waals surface area contributed by atoms with E-state index in [2.05, 4.69) is 6.92 Å². The molecule has 0 fully saturated rings. The molecule has 0 aromatic rings. The van der Waals surface area contributed by atoms with Crippen molar-refractivity contribution in [3.05, 3.63) is 0 Å². The van der Waals surface area contributed by atoms with Gasteiger partial charge in [-0.2, -0.15) is 8.42 Å². The highest BCUT2D eigenvalue weighted by Crippen LogP contribution is 2.14. The van der Waals surface area contributed by atoms with Gasteiger partial charge in [-0.25, -0.2) is 4.39 Å². The number of unbranched alkanes of at least 4 members (excludes halogenated alkanes) is 8. The first-order valence-electron chi connectivity index (χ1n) is 6.59. The maximum absolute atomic E-state index is 12.8. The van der Waals surface area contributed by atoms with Crippen LogP contribution >= 0.6 is 0 Å². The van der Waals surface area contributed by atoms with E-state index in [-0.39, 0.29) is 6.42 Å². The Morgan fingerprint density at radius 1 is 0.941 bits per heavy atom. The van der Waals surface area contributed by atoms with E-state index in [1.54, 1.807) is 0 Å². The minimum absolute atomic E-state index is 0.0886. The second kappa shape index (κ2) is 9.83. The predicted molar refractivity (Wildman–Crippen MR) is 68.3 cm³/mol. The Hall–Kier alpha value is -0.160. The second-order valence-corrected chi connectivity index (χ2v) is 6.08. The zero-order chi connectivity index (χ0) is 13.1. The lowest BCUT2D eigenvalue weighted by molar-refractivity contribution is 0.349. The molecule has 0 saturated carbocycles. The van der Waals surface area contributed by atoms with Gasteiger partial charge in [0.05, 0.1) is 0 Å². The van der Waals surface area contributed by atoms with Gasteiger partial charge in [0.25, 0.3) is 10.1 Å². The summed E-state index contributed by atoms with van der Waals surface area (Å²) >= 11 is 0. The number of alkyl halides is 1. The molecular weight excluding hydrogens is 243 g/mol. The van der Waals surface area contributed by atoms with Gasteiger partial charge in [0.2, 0.25) is 5.50 Å². The fraction of sp³-hybridized carbons (Fsp3) is 1.00. The molecule has 0 rings (SSSR count). The highest BCUT2D eigenvalue weighted by atomic mass is 32.2. The van der Waals surface area contributed by atoms with Gasteiger partial charge in [-0.05, 0) is 12.8 Å². The molecule has 0 saturated heterocycles. The van der Waals surface area contributed by atoms with E-state index in [9.17, 15) is 12.8 Å². The molecule has 0 bridgehead atoms. The van der Waals surface area contributed by atoms with Crippen LogP contribution in [0.2, 0.25) is 0 Å². The van der Waals surface area contributed by atoms with Crippen LogP contribution < -0.4 is 0 Å². The van der Waals surface area contributed by atoms with E-state index >= 15 is 0 Å². The Morgan fingerprint density at radius 3 is 1.76 bits per heavy atom. The fourth-order valence-electron chi connectivity index (χ4n) is 1.76. The van der Waals surface area contributed by atoms with Crippen LogP contribution in [0.15, 0.2) is 0 Å². The van der Waals surface area contributed by atoms with Crippen LogP contribution in [0.1, 0.15) is 71.1 Å². The Morgan fingerprint density at radius 2 is 1.35 bits per heavy atom. The molecule has 0 aromatic carbocycles. The molecule has 5 heteroatoms. The van der Waals surface area contributed by atoms with Crippen molar-refractivity contribution in [2.75, 3.05) is 0 Å². The standard InChI is InChI=1S/C12H25FO3S/c1-2-3-4-5-6-7-8-9-10-11-12(13)17(14,15)16/h12H,2-11H2,1H3,(H,14,15,16). The van der Waals surface area contributed by atoms with Crippen LogP contribution in [-0.2, 0) is 10.1 Å². The molecule has 0 spiro atoms. The SMILES string of the molecule is CCCCCCCCCCCC(F)S(=O)(=O)O. The zero-order valence-corrected chi connectivity index (χ0v) is 11.5. The molecule has 1 N–H and O–H groups in total. The summed E-state index contributed by atoms with van der Waals surface area (Å²) in [5, 5.41) is 0. The van der Waals surface area contributed by atoms with Gasteiger partial charge in [0, 0.05) is 0 Å². The van der Waals surface area contributed by atoms with Crippen molar-refractivity contribution in [1.82, 2.24) is 0 Å². The first-order chi connectivity index (χ1) is 7.98. The second-order valence-electron chi connectivity index (χ2n) is 4.54.